The fourth-order valence-electron chi connectivity index (χ4n) is 1.17. The van der Waals surface area contributed by atoms with E-state index >= 15 is 0 Å². The van der Waals surface area contributed by atoms with E-state index in [1.165, 1.54) is 30.8 Å². The number of hydrogen-bond acceptors (Lipinski definition) is 6. The van der Waals surface area contributed by atoms with Crippen LogP contribution in [0.2, 0.25) is 0 Å². The van der Waals surface area contributed by atoms with E-state index < -0.39 is 6.10 Å². The molecule has 0 saturated heterocycles. The zero-order valence-electron chi connectivity index (χ0n) is 7.99. The maximum Gasteiger partial charge on any atom is 0.238 e. The molecule has 5 nitrogen and oxygen atoms in total. The van der Waals surface area contributed by atoms with Crippen molar-refractivity contribution < 1.29 is 9.84 Å². The van der Waals surface area contributed by atoms with Gasteiger partial charge < -0.3 is 9.84 Å². The Labute approximate surface area is 90.4 Å². The highest BCUT2D eigenvalue weighted by atomic mass is 32.1. The van der Waals surface area contributed by atoms with Crippen LogP contribution in [0.5, 0.6) is 5.88 Å². The Morgan fingerprint density at radius 1 is 1.27 bits per heavy atom. The van der Waals surface area contributed by atoms with Crippen LogP contribution >= 0.6 is 11.3 Å². The smallest absolute Gasteiger partial charge is 0.238 e. The molecule has 0 bridgehead atoms. The van der Waals surface area contributed by atoms with Crippen molar-refractivity contribution in [1.29, 1.82) is 0 Å². The predicted octanol–water partition coefficient (Wildman–Crippen LogP) is 1.02. The van der Waals surface area contributed by atoms with E-state index in [0.29, 0.717) is 16.6 Å². The van der Waals surface area contributed by atoms with Gasteiger partial charge in [0.2, 0.25) is 5.88 Å². The minimum atomic E-state index is -0.881. The minimum absolute atomic E-state index is 0.320. The number of rotatable bonds is 3. The van der Waals surface area contributed by atoms with Crippen LogP contribution in [0, 0.1) is 0 Å². The Bertz CT molecular complexity index is 433. The standard InChI is InChI=1S/C9H9N3O2S/c1-14-8-6(10-2-3-11-8)7(13)9-12-4-5-15-9/h2-5,7,13H,1H3. The molecule has 0 amide bonds. The van der Waals surface area contributed by atoms with Crippen LogP contribution in [0.25, 0.3) is 0 Å². The Balaban J connectivity index is 2.37. The van der Waals surface area contributed by atoms with Gasteiger partial charge in [-0.15, -0.1) is 11.3 Å². The summed E-state index contributed by atoms with van der Waals surface area (Å²) in [4.78, 5) is 12.0. The van der Waals surface area contributed by atoms with Gasteiger partial charge in [-0.25, -0.2) is 9.97 Å². The second kappa shape index (κ2) is 4.33. The SMILES string of the molecule is COc1nccnc1C(O)c1nccs1. The van der Waals surface area contributed by atoms with Crippen molar-refractivity contribution in [3.05, 3.63) is 34.7 Å². The molecule has 2 heterocycles. The normalized spacial score (nSPS) is 12.4. The van der Waals surface area contributed by atoms with Crippen molar-refractivity contribution in [3.8, 4) is 5.88 Å². The van der Waals surface area contributed by atoms with Crippen LogP contribution in [0.15, 0.2) is 24.0 Å². The molecule has 1 atom stereocenters. The minimum Gasteiger partial charge on any atom is -0.480 e. The number of aromatic nitrogens is 3. The molecule has 2 aromatic heterocycles. The van der Waals surface area contributed by atoms with Crippen molar-refractivity contribution in [1.82, 2.24) is 15.0 Å². The number of aliphatic hydroxyl groups excluding tert-OH is 1. The monoisotopic (exact) mass is 223 g/mol. The molecule has 0 aliphatic carbocycles. The second-order valence-corrected chi connectivity index (χ2v) is 3.65. The number of hydrogen-bond donors (Lipinski definition) is 1. The molecule has 0 aliphatic rings. The van der Waals surface area contributed by atoms with Crippen LogP contribution in [0.4, 0.5) is 0 Å². The van der Waals surface area contributed by atoms with Crippen LogP contribution in [0.3, 0.4) is 0 Å². The molecule has 78 valence electrons. The summed E-state index contributed by atoms with van der Waals surface area (Å²) < 4.78 is 5.01. The Hall–Kier alpha value is -1.53. The van der Waals surface area contributed by atoms with Crippen LogP contribution in [-0.2, 0) is 0 Å². The maximum atomic E-state index is 9.96. The van der Waals surface area contributed by atoms with Crippen molar-refractivity contribution in [2.24, 2.45) is 0 Å². The lowest BCUT2D eigenvalue weighted by Gasteiger charge is -2.09. The molecule has 0 aliphatic heterocycles. The van der Waals surface area contributed by atoms with Gasteiger partial charge in [-0.1, -0.05) is 0 Å². The zero-order chi connectivity index (χ0) is 10.7. The number of methoxy groups -OCH3 is 1. The van der Waals surface area contributed by atoms with E-state index in [2.05, 4.69) is 15.0 Å². The van der Waals surface area contributed by atoms with Crippen molar-refractivity contribution >= 4 is 11.3 Å². The Morgan fingerprint density at radius 3 is 2.73 bits per heavy atom. The van der Waals surface area contributed by atoms with E-state index in [1.54, 1.807) is 11.6 Å². The molecule has 6 heteroatoms. The van der Waals surface area contributed by atoms with E-state index in [9.17, 15) is 5.11 Å². The first kappa shape index (κ1) is 10.0. The van der Waals surface area contributed by atoms with Crippen molar-refractivity contribution in [2.75, 3.05) is 7.11 Å². The molecule has 15 heavy (non-hydrogen) atoms. The summed E-state index contributed by atoms with van der Waals surface area (Å²) in [6.07, 6.45) is 3.77. The summed E-state index contributed by atoms with van der Waals surface area (Å²) in [7, 11) is 1.49. The molecular weight excluding hydrogens is 214 g/mol. The number of thiazole rings is 1. The highest BCUT2D eigenvalue weighted by molar-refractivity contribution is 7.09. The second-order valence-electron chi connectivity index (χ2n) is 2.72. The number of ether oxygens (including phenoxy) is 1. The Morgan fingerprint density at radius 2 is 2.07 bits per heavy atom. The van der Waals surface area contributed by atoms with E-state index in [0.717, 1.165) is 0 Å². The van der Waals surface area contributed by atoms with Gasteiger partial charge in [0.25, 0.3) is 0 Å². The van der Waals surface area contributed by atoms with Gasteiger partial charge in [0.1, 0.15) is 10.7 Å². The molecule has 0 saturated carbocycles. The molecule has 2 aromatic rings. The molecule has 0 radical (unpaired) electrons. The number of nitrogens with zero attached hydrogens (tertiary/aromatic N) is 3. The summed E-state index contributed by atoms with van der Waals surface area (Å²) in [5.41, 5.74) is 0.384. The third-order valence-electron chi connectivity index (χ3n) is 1.83. The zero-order valence-corrected chi connectivity index (χ0v) is 8.81. The lowest BCUT2D eigenvalue weighted by molar-refractivity contribution is 0.207. The molecular formula is C9H9N3O2S. The maximum absolute atomic E-state index is 9.96. The van der Waals surface area contributed by atoms with Crippen LogP contribution in [-0.4, -0.2) is 27.2 Å². The van der Waals surface area contributed by atoms with Gasteiger partial charge in [-0.3, -0.25) is 4.98 Å². The van der Waals surface area contributed by atoms with E-state index in [-0.39, 0.29) is 0 Å². The first-order valence-electron chi connectivity index (χ1n) is 4.25. The summed E-state index contributed by atoms with van der Waals surface area (Å²) in [6.45, 7) is 0. The lowest BCUT2D eigenvalue weighted by atomic mass is 10.2. The summed E-state index contributed by atoms with van der Waals surface area (Å²) >= 11 is 1.36. The van der Waals surface area contributed by atoms with Crippen molar-refractivity contribution in [2.45, 2.75) is 6.10 Å². The fraction of sp³-hybridized carbons (Fsp3) is 0.222. The predicted molar refractivity (Wildman–Crippen MR) is 54.8 cm³/mol. The summed E-state index contributed by atoms with van der Waals surface area (Å²) in [5.74, 6) is 0.320. The van der Waals surface area contributed by atoms with Gasteiger partial charge in [-0.05, 0) is 0 Å². The topological polar surface area (TPSA) is 68.1 Å². The third kappa shape index (κ3) is 1.95. The Kier molecular flexibility index (Phi) is 2.89. The molecule has 1 unspecified atom stereocenters. The van der Waals surface area contributed by atoms with Crippen LogP contribution in [0.1, 0.15) is 16.8 Å². The molecule has 1 N–H and O–H groups in total. The van der Waals surface area contributed by atoms with Gasteiger partial charge in [0.05, 0.1) is 7.11 Å². The summed E-state index contributed by atoms with van der Waals surface area (Å²) in [6, 6.07) is 0. The quantitative estimate of drug-likeness (QED) is 0.841. The average molecular weight is 223 g/mol. The highest BCUT2D eigenvalue weighted by Crippen LogP contribution is 2.26. The highest BCUT2D eigenvalue weighted by Gasteiger charge is 2.19. The van der Waals surface area contributed by atoms with Gasteiger partial charge >= 0.3 is 0 Å². The van der Waals surface area contributed by atoms with E-state index in [1.807, 2.05) is 0 Å². The lowest BCUT2D eigenvalue weighted by Crippen LogP contribution is -2.05. The third-order valence-corrected chi connectivity index (χ3v) is 2.66. The fourth-order valence-corrected chi connectivity index (χ4v) is 1.79. The van der Waals surface area contributed by atoms with Gasteiger partial charge in [0.15, 0.2) is 6.10 Å². The molecule has 0 spiro atoms. The van der Waals surface area contributed by atoms with Crippen molar-refractivity contribution in [3.63, 3.8) is 0 Å². The van der Waals surface area contributed by atoms with Gasteiger partial charge in [0, 0.05) is 24.0 Å². The van der Waals surface area contributed by atoms with Crippen LogP contribution < -0.4 is 4.74 Å². The molecule has 0 fully saturated rings. The largest absolute Gasteiger partial charge is 0.480 e. The number of aliphatic hydroxyl groups is 1. The van der Waals surface area contributed by atoms with Gasteiger partial charge in [-0.2, -0.15) is 0 Å². The first-order valence-corrected chi connectivity index (χ1v) is 5.13. The average Bonchev–Trinajstić information content (AvgIpc) is 2.81. The van der Waals surface area contributed by atoms with E-state index in [4.69, 9.17) is 4.74 Å². The first-order chi connectivity index (χ1) is 7.33. The summed E-state index contributed by atoms with van der Waals surface area (Å²) in [5, 5.41) is 12.3. The molecule has 2 rings (SSSR count). The molecule has 0 aromatic carbocycles.